The molecule has 1 saturated carbocycles. The maximum atomic E-state index is 12.5. The molecular formula is C23H24N2O3. The number of piperidine rings is 1. The fourth-order valence-electron chi connectivity index (χ4n) is 4.77. The lowest BCUT2D eigenvalue weighted by Gasteiger charge is -2.35. The quantitative estimate of drug-likeness (QED) is 0.887. The Kier molecular flexibility index (Phi) is 3.76. The molecule has 3 aliphatic rings. The number of hydrogen-bond donors (Lipinski definition) is 1. The normalized spacial score (nSPS) is 19.1. The number of carboxylic acid groups (broad SMARTS) is 1. The largest absolute Gasteiger partial charge is 0.478 e. The van der Waals surface area contributed by atoms with Crippen molar-refractivity contribution in [1.82, 2.24) is 4.57 Å². The summed E-state index contributed by atoms with van der Waals surface area (Å²) in [5.74, 6) is -0.930. The highest BCUT2D eigenvalue weighted by Gasteiger charge is 2.44. The van der Waals surface area contributed by atoms with E-state index in [1.807, 2.05) is 24.4 Å². The van der Waals surface area contributed by atoms with Gasteiger partial charge in [0.2, 0.25) is 0 Å². The number of aromatic carboxylic acids is 1. The molecule has 0 bridgehead atoms. The Bertz CT molecular complexity index is 1070. The van der Waals surface area contributed by atoms with Crippen molar-refractivity contribution in [3.63, 3.8) is 0 Å². The summed E-state index contributed by atoms with van der Waals surface area (Å²) in [5.41, 5.74) is 5.53. The first kappa shape index (κ1) is 17.3. The van der Waals surface area contributed by atoms with Gasteiger partial charge in [0.1, 0.15) is 0 Å². The molecule has 1 spiro atoms. The maximum Gasteiger partial charge on any atom is 0.335 e. The molecule has 1 aliphatic heterocycles. The van der Waals surface area contributed by atoms with Gasteiger partial charge in [-0.25, -0.2) is 4.79 Å². The summed E-state index contributed by atoms with van der Waals surface area (Å²) in [6, 6.07) is 5.41. The molecule has 0 unspecified atom stereocenters. The van der Waals surface area contributed by atoms with Crippen LogP contribution >= 0.6 is 0 Å². The highest BCUT2D eigenvalue weighted by atomic mass is 16.4. The summed E-state index contributed by atoms with van der Waals surface area (Å²) in [4.78, 5) is 26.5. The Labute approximate surface area is 163 Å². The van der Waals surface area contributed by atoms with Crippen molar-refractivity contribution in [2.75, 3.05) is 18.0 Å². The van der Waals surface area contributed by atoms with Crippen molar-refractivity contribution in [3.05, 3.63) is 57.5 Å². The van der Waals surface area contributed by atoms with E-state index in [9.17, 15) is 14.7 Å². The second kappa shape index (κ2) is 6.09. The number of rotatable bonds is 3. The minimum atomic E-state index is -0.930. The van der Waals surface area contributed by atoms with Crippen LogP contribution in [0.2, 0.25) is 0 Å². The molecule has 1 aromatic carbocycles. The molecule has 2 fully saturated rings. The highest BCUT2D eigenvalue weighted by molar-refractivity contribution is 5.94. The first-order chi connectivity index (χ1) is 13.5. The van der Waals surface area contributed by atoms with Crippen LogP contribution < -0.4 is 10.5 Å². The van der Waals surface area contributed by atoms with Crippen LogP contribution in [-0.4, -0.2) is 28.7 Å². The summed E-state index contributed by atoms with van der Waals surface area (Å²) in [5, 5.41) is 9.54. The predicted octanol–water partition coefficient (Wildman–Crippen LogP) is 3.70. The molecule has 2 heterocycles. The van der Waals surface area contributed by atoms with Crippen LogP contribution in [0.1, 0.15) is 47.2 Å². The van der Waals surface area contributed by atoms with Crippen molar-refractivity contribution >= 4 is 17.7 Å². The van der Waals surface area contributed by atoms with Gasteiger partial charge in [-0.05, 0) is 61.3 Å². The van der Waals surface area contributed by atoms with E-state index < -0.39 is 5.97 Å². The van der Waals surface area contributed by atoms with Gasteiger partial charge >= 0.3 is 5.97 Å². The van der Waals surface area contributed by atoms with Gasteiger partial charge in [0.15, 0.2) is 0 Å². The summed E-state index contributed by atoms with van der Waals surface area (Å²) in [6.07, 6.45) is 11.6. The predicted molar refractivity (Wildman–Crippen MR) is 110 cm³/mol. The van der Waals surface area contributed by atoms with E-state index in [4.69, 9.17) is 0 Å². The highest BCUT2D eigenvalue weighted by Crippen LogP contribution is 2.54. The molecule has 5 heteroatoms. The van der Waals surface area contributed by atoms with Crippen molar-refractivity contribution in [2.24, 2.45) is 12.5 Å². The Morgan fingerprint density at radius 1 is 1.11 bits per heavy atom. The van der Waals surface area contributed by atoms with Gasteiger partial charge in [0, 0.05) is 48.7 Å². The molecule has 0 atom stereocenters. The second-order valence-electron chi connectivity index (χ2n) is 8.48. The van der Waals surface area contributed by atoms with Crippen LogP contribution in [0.15, 0.2) is 35.3 Å². The molecule has 5 nitrogen and oxygen atoms in total. The number of carboxylic acids is 1. The zero-order valence-electron chi connectivity index (χ0n) is 16.1. The van der Waals surface area contributed by atoms with E-state index in [1.54, 1.807) is 23.7 Å². The zero-order chi connectivity index (χ0) is 19.5. The van der Waals surface area contributed by atoms with Crippen LogP contribution in [0, 0.1) is 5.41 Å². The number of allylic oxidation sites excluding steroid dienone is 1. The Hall–Kier alpha value is -2.82. The third-order valence-electron chi connectivity index (χ3n) is 6.78. The third-order valence-corrected chi connectivity index (χ3v) is 6.78. The van der Waals surface area contributed by atoms with Gasteiger partial charge in [-0.1, -0.05) is 12.2 Å². The molecule has 0 amide bonds. The third kappa shape index (κ3) is 2.68. The number of pyridine rings is 1. The van der Waals surface area contributed by atoms with Crippen LogP contribution in [0.5, 0.6) is 0 Å². The van der Waals surface area contributed by atoms with E-state index >= 15 is 0 Å². The number of hydrogen-bond acceptors (Lipinski definition) is 3. The summed E-state index contributed by atoms with van der Waals surface area (Å²) < 4.78 is 1.62. The minimum absolute atomic E-state index is 0.0216. The molecule has 0 radical (unpaired) electrons. The van der Waals surface area contributed by atoms with Crippen LogP contribution in [0.25, 0.3) is 17.2 Å². The average molecular weight is 376 g/mol. The number of fused-ring (bicyclic) bond motifs is 1. The van der Waals surface area contributed by atoms with E-state index in [0.29, 0.717) is 11.8 Å². The SMILES string of the molecule is Cn1cc(-c2cc(C(=O)O)ccc2N2CCC3(CC2)CC3)c2c(c1=O)CC=C2. The summed E-state index contributed by atoms with van der Waals surface area (Å²) >= 11 is 0. The topological polar surface area (TPSA) is 62.5 Å². The minimum Gasteiger partial charge on any atom is -0.478 e. The van der Waals surface area contributed by atoms with Gasteiger partial charge in [0.25, 0.3) is 5.56 Å². The molecule has 2 aliphatic carbocycles. The summed E-state index contributed by atoms with van der Waals surface area (Å²) in [7, 11) is 1.77. The molecule has 28 heavy (non-hydrogen) atoms. The lowest BCUT2D eigenvalue weighted by molar-refractivity contribution is 0.0697. The molecular weight excluding hydrogens is 352 g/mol. The van der Waals surface area contributed by atoms with Crippen molar-refractivity contribution in [2.45, 2.75) is 32.1 Å². The molecule has 1 saturated heterocycles. The fraction of sp³-hybridized carbons (Fsp3) is 0.391. The van der Waals surface area contributed by atoms with Crippen LogP contribution in [0.3, 0.4) is 0 Å². The maximum absolute atomic E-state index is 12.5. The Morgan fingerprint density at radius 2 is 1.86 bits per heavy atom. The number of nitrogens with zero attached hydrogens (tertiary/aromatic N) is 2. The van der Waals surface area contributed by atoms with Gasteiger partial charge in [0.05, 0.1) is 5.56 Å². The lowest BCUT2D eigenvalue weighted by Crippen LogP contribution is -2.34. The fourth-order valence-corrected chi connectivity index (χ4v) is 4.77. The number of anilines is 1. The number of aromatic nitrogens is 1. The van der Waals surface area contributed by atoms with Gasteiger partial charge in [-0.3, -0.25) is 4.79 Å². The van der Waals surface area contributed by atoms with Gasteiger partial charge in [-0.15, -0.1) is 0 Å². The second-order valence-corrected chi connectivity index (χ2v) is 8.48. The number of benzene rings is 1. The van der Waals surface area contributed by atoms with Crippen LogP contribution in [0.4, 0.5) is 5.69 Å². The molecule has 2 aromatic rings. The first-order valence-electron chi connectivity index (χ1n) is 9.99. The Balaban J connectivity index is 1.66. The zero-order valence-corrected chi connectivity index (χ0v) is 16.1. The number of aryl methyl sites for hydroxylation is 1. The molecule has 1 N–H and O–H groups in total. The number of carbonyl (C=O) groups is 1. The standard InChI is InChI=1S/C23H24N2O3/c1-24-14-19(16-3-2-4-17(16)21(24)26)18-13-15(22(27)28)5-6-20(18)25-11-9-23(7-8-23)10-12-25/h2-3,5-6,13-14H,4,7-12H2,1H3,(H,27,28). The van der Waals surface area contributed by atoms with E-state index in [0.717, 1.165) is 41.0 Å². The van der Waals surface area contributed by atoms with Gasteiger partial charge in [-0.2, -0.15) is 0 Å². The van der Waals surface area contributed by atoms with E-state index in [2.05, 4.69) is 4.90 Å². The van der Waals surface area contributed by atoms with Gasteiger partial charge < -0.3 is 14.6 Å². The summed E-state index contributed by atoms with van der Waals surface area (Å²) in [6.45, 7) is 2.01. The Morgan fingerprint density at radius 3 is 2.54 bits per heavy atom. The van der Waals surface area contributed by atoms with E-state index in [-0.39, 0.29) is 11.1 Å². The van der Waals surface area contributed by atoms with Crippen molar-refractivity contribution in [1.29, 1.82) is 0 Å². The molecule has 144 valence electrons. The monoisotopic (exact) mass is 376 g/mol. The lowest BCUT2D eigenvalue weighted by atomic mass is 9.91. The molecule has 1 aromatic heterocycles. The smallest absolute Gasteiger partial charge is 0.335 e. The van der Waals surface area contributed by atoms with E-state index in [1.165, 1.54) is 25.7 Å². The average Bonchev–Trinajstić information content (AvgIpc) is 3.26. The van der Waals surface area contributed by atoms with Crippen LogP contribution in [-0.2, 0) is 13.5 Å². The first-order valence-corrected chi connectivity index (χ1v) is 9.99. The van der Waals surface area contributed by atoms with Crippen molar-refractivity contribution in [3.8, 4) is 11.1 Å². The molecule has 5 rings (SSSR count). The van der Waals surface area contributed by atoms with Crippen molar-refractivity contribution < 1.29 is 9.90 Å².